The molecule has 2 saturated carbocycles. The predicted molar refractivity (Wildman–Crippen MR) is 85.2 cm³/mol. The van der Waals surface area contributed by atoms with Gasteiger partial charge in [-0.25, -0.2) is 13.1 Å². The summed E-state index contributed by atoms with van der Waals surface area (Å²) in [5.41, 5.74) is 0. The highest BCUT2D eigenvalue weighted by Gasteiger charge is 2.42. The van der Waals surface area contributed by atoms with Crippen LogP contribution in [0.4, 0.5) is 0 Å². The highest BCUT2D eigenvalue weighted by atomic mass is 35.5. The smallest absolute Gasteiger partial charge is 0.208 e. The largest absolute Gasteiger partial charge is 0.242 e. The summed E-state index contributed by atoms with van der Waals surface area (Å²) >= 11 is 11.9. The lowest BCUT2D eigenvalue weighted by Crippen LogP contribution is -2.40. The van der Waals surface area contributed by atoms with Crippen molar-refractivity contribution < 1.29 is 8.42 Å². The molecule has 2 aliphatic rings. The van der Waals surface area contributed by atoms with Crippen LogP contribution in [0.5, 0.6) is 0 Å². The molecule has 3 nitrogen and oxygen atoms in total. The van der Waals surface area contributed by atoms with Crippen LogP contribution in [-0.2, 0) is 10.0 Å². The fourth-order valence-corrected chi connectivity index (χ4v) is 6.04. The van der Waals surface area contributed by atoms with Gasteiger partial charge in [-0.3, -0.25) is 0 Å². The van der Waals surface area contributed by atoms with E-state index in [2.05, 4.69) is 4.72 Å². The summed E-state index contributed by atoms with van der Waals surface area (Å²) in [6.07, 6.45) is 4.94. The standard InChI is InChI=1S/C15H19Cl2NO2S/c1-9(13-7-10-2-3-11(13)6-10)18-21(19,20)15-8-12(16)4-5-14(15)17/h4-5,8-11,13,18H,2-3,6-7H2,1H3/t9-,10-,11-,13-/m1/s1. The van der Waals surface area contributed by atoms with Gasteiger partial charge in [-0.1, -0.05) is 29.6 Å². The first kappa shape index (κ1) is 15.6. The molecular formula is C15H19Cl2NO2S. The van der Waals surface area contributed by atoms with Crippen molar-refractivity contribution in [2.75, 3.05) is 0 Å². The van der Waals surface area contributed by atoms with Crippen LogP contribution < -0.4 is 4.72 Å². The first-order valence-electron chi connectivity index (χ1n) is 7.34. The Morgan fingerprint density at radius 2 is 2.00 bits per heavy atom. The zero-order chi connectivity index (χ0) is 15.2. The topological polar surface area (TPSA) is 46.2 Å². The number of nitrogens with one attached hydrogen (secondary N) is 1. The molecular weight excluding hydrogens is 329 g/mol. The van der Waals surface area contributed by atoms with Crippen molar-refractivity contribution in [3.63, 3.8) is 0 Å². The fourth-order valence-electron chi connectivity index (χ4n) is 3.99. The van der Waals surface area contributed by atoms with Crippen molar-refractivity contribution in [1.29, 1.82) is 0 Å². The van der Waals surface area contributed by atoms with Gasteiger partial charge in [0, 0.05) is 11.1 Å². The molecule has 3 rings (SSSR count). The maximum Gasteiger partial charge on any atom is 0.242 e. The average molecular weight is 348 g/mol. The van der Waals surface area contributed by atoms with E-state index in [1.807, 2.05) is 6.92 Å². The minimum absolute atomic E-state index is 0.0617. The van der Waals surface area contributed by atoms with E-state index in [-0.39, 0.29) is 16.0 Å². The van der Waals surface area contributed by atoms with Gasteiger partial charge in [0.15, 0.2) is 0 Å². The first-order chi connectivity index (χ1) is 9.87. The lowest BCUT2D eigenvalue weighted by molar-refractivity contribution is 0.280. The molecule has 0 unspecified atom stereocenters. The SMILES string of the molecule is C[C@@H](NS(=O)(=O)c1cc(Cl)ccc1Cl)[C@H]1C[C@@H]2CC[C@@H]1C2. The lowest BCUT2D eigenvalue weighted by atomic mass is 9.84. The highest BCUT2D eigenvalue weighted by Crippen LogP contribution is 2.49. The summed E-state index contributed by atoms with van der Waals surface area (Å²) in [6, 6.07) is 4.43. The lowest BCUT2D eigenvalue weighted by Gasteiger charge is -2.28. The van der Waals surface area contributed by atoms with Crippen molar-refractivity contribution in [1.82, 2.24) is 4.72 Å². The van der Waals surface area contributed by atoms with E-state index in [0.717, 1.165) is 12.3 Å². The van der Waals surface area contributed by atoms with Crippen molar-refractivity contribution in [3.8, 4) is 0 Å². The number of rotatable bonds is 4. The van der Waals surface area contributed by atoms with Crippen LogP contribution >= 0.6 is 23.2 Å². The van der Waals surface area contributed by atoms with Crippen LogP contribution in [0.1, 0.15) is 32.6 Å². The summed E-state index contributed by atoms with van der Waals surface area (Å²) < 4.78 is 27.8. The summed E-state index contributed by atoms with van der Waals surface area (Å²) in [5.74, 6) is 1.90. The number of hydrogen-bond acceptors (Lipinski definition) is 2. The molecule has 1 aromatic carbocycles. The normalized spacial score (nSPS) is 29.8. The number of benzene rings is 1. The average Bonchev–Trinajstić information content (AvgIpc) is 3.03. The van der Waals surface area contributed by atoms with Crippen LogP contribution in [0.25, 0.3) is 0 Å². The third-order valence-corrected chi connectivity index (χ3v) is 7.23. The quantitative estimate of drug-likeness (QED) is 0.891. The van der Waals surface area contributed by atoms with Crippen LogP contribution in [0.3, 0.4) is 0 Å². The van der Waals surface area contributed by atoms with E-state index >= 15 is 0 Å². The maximum absolute atomic E-state index is 12.5. The predicted octanol–water partition coefficient (Wildman–Crippen LogP) is 4.10. The number of sulfonamides is 1. The van der Waals surface area contributed by atoms with Gasteiger partial charge in [-0.05, 0) is 62.1 Å². The van der Waals surface area contributed by atoms with Gasteiger partial charge in [0.25, 0.3) is 0 Å². The van der Waals surface area contributed by atoms with Crippen LogP contribution in [-0.4, -0.2) is 14.5 Å². The van der Waals surface area contributed by atoms with Gasteiger partial charge in [-0.2, -0.15) is 0 Å². The molecule has 116 valence electrons. The minimum Gasteiger partial charge on any atom is -0.208 e. The van der Waals surface area contributed by atoms with Gasteiger partial charge in [0.05, 0.1) is 5.02 Å². The molecule has 0 spiro atoms. The summed E-state index contributed by atoms with van der Waals surface area (Å²) in [7, 11) is -3.63. The molecule has 0 heterocycles. The molecule has 21 heavy (non-hydrogen) atoms. The molecule has 6 heteroatoms. The van der Waals surface area contributed by atoms with Gasteiger partial charge in [0.1, 0.15) is 4.90 Å². The molecule has 0 amide bonds. The highest BCUT2D eigenvalue weighted by molar-refractivity contribution is 7.89. The van der Waals surface area contributed by atoms with Crippen LogP contribution in [0.2, 0.25) is 10.0 Å². The Morgan fingerprint density at radius 3 is 2.62 bits per heavy atom. The Hall–Kier alpha value is -0.290. The van der Waals surface area contributed by atoms with E-state index in [1.54, 1.807) is 6.07 Å². The molecule has 2 aliphatic carbocycles. The molecule has 0 aromatic heterocycles. The molecule has 0 radical (unpaired) electrons. The monoisotopic (exact) mass is 347 g/mol. The van der Waals surface area contributed by atoms with E-state index in [9.17, 15) is 8.42 Å². The molecule has 2 fully saturated rings. The second-order valence-corrected chi connectivity index (χ2v) is 8.85. The van der Waals surface area contributed by atoms with E-state index < -0.39 is 10.0 Å². The molecule has 1 N–H and O–H groups in total. The number of fused-ring (bicyclic) bond motifs is 2. The Morgan fingerprint density at radius 1 is 1.24 bits per heavy atom. The summed E-state index contributed by atoms with van der Waals surface area (Å²) in [5, 5.41) is 0.569. The van der Waals surface area contributed by atoms with Crippen LogP contribution in [0, 0.1) is 17.8 Å². The number of halogens is 2. The van der Waals surface area contributed by atoms with E-state index in [4.69, 9.17) is 23.2 Å². The fraction of sp³-hybridized carbons (Fsp3) is 0.600. The zero-order valence-electron chi connectivity index (χ0n) is 11.9. The summed E-state index contributed by atoms with van der Waals surface area (Å²) in [6.45, 7) is 1.96. The second-order valence-electron chi connectivity index (χ2n) is 6.32. The molecule has 1 aromatic rings. The van der Waals surface area contributed by atoms with Gasteiger partial charge >= 0.3 is 0 Å². The maximum atomic E-state index is 12.5. The number of hydrogen-bond donors (Lipinski definition) is 1. The third kappa shape index (κ3) is 3.09. The van der Waals surface area contributed by atoms with Gasteiger partial charge in [-0.15, -0.1) is 0 Å². The summed E-state index contributed by atoms with van der Waals surface area (Å²) in [4.78, 5) is 0.0617. The Balaban J connectivity index is 1.78. The molecule has 4 atom stereocenters. The van der Waals surface area contributed by atoms with Crippen molar-refractivity contribution in [2.24, 2.45) is 17.8 Å². The Bertz CT molecular complexity index is 647. The van der Waals surface area contributed by atoms with Crippen molar-refractivity contribution in [3.05, 3.63) is 28.2 Å². The van der Waals surface area contributed by atoms with Gasteiger partial charge in [0.2, 0.25) is 10.0 Å². The Labute approximate surface area is 136 Å². The van der Waals surface area contributed by atoms with Crippen molar-refractivity contribution >= 4 is 33.2 Å². The van der Waals surface area contributed by atoms with Crippen LogP contribution in [0.15, 0.2) is 23.1 Å². The van der Waals surface area contributed by atoms with E-state index in [1.165, 1.54) is 31.4 Å². The Kier molecular flexibility index (Phi) is 4.25. The third-order valence-electron chi connectivity index (χ3n) is 4.96. The molecule has 0 aliphatic heterocycles. The zero-order valence-corrected chi connectivity index (χ0v) is 14.2. The molecule has 2 bridgehead atoms. The van der Waals surface area contributed by atoms with E-state index in [0.29, 0.717) is 16.9 Å². The first-order valence-corrected chi connectivity index (χ1v) is 9.58. The second kappa shape index (κ2) is 5.73. The van der Waals surface area contributed by atoms with Crippen molar-refractivity contribution in [2.45, 2.75) is 43.5 Å². The van der Waals surface area contributed by atoms with Gasteiger partial charge < -0.3 is 0 Å². The minimum atomic E-state index is -3.63. The molecule has 0 saturated heterocycles.